The van der Waals surface area contributed by atoms with E-state index in [-0.39, 0.29) is 37.0 Å². The molecule has 1 N–H and O–H groups in total. The molecule has 0 bridgehead atoms. The molecule has 1 saturated carbocycles. The van der Waals surface area contributed by atoms with Crippen LogP contribution in [0.3, 0.4) is 0 Å². The molecule has 4 rings (SSSR count). The third-order valence-corrected chi connectivity index (χ3v) is 5.80. The summed E-state index contributed by atoms with van der Waals surface area (Å²) in [6.45, 7) is 1.39. The predicted octanol–water partition coefficient (Wildman–Crippen LogP) is 1.14. The number of likely N-dealkylation sites (tertiary alicyclic amines) is 1. The van der Waals surface area contributed by atoms with Gasteiger partial charge in [-0.1, -0.05) is 18.9 Å². The lowest BCUT2D eigenvalue weighted by Gasteiger charge is -2.19. The molecule has 0 unspecified atom stereocenters. The Kier molecular flexibility index (Phi) is 5.61. The first-order valence-electron chi connectivity index (χ1n) is 10.1. The van der Waals surface area contributed by atoms with Gasteiger partial charge in [0.25, 0.3) is 5.91 Å². The lowest BCUT2D eigenvalue weighted by atomic mass is 9.81. The molecule has 1 saturated heterocycles. The number of hydrogen-bond acceptors (Lipinski definition) is 7. The molecule has 2 fully saturated rings. The average Bonchev–Trinajstić information content (AvgIpc) is 3.30. The molecule has 3 atom stereocenters. The maximum atomic E-state index is 12.4. The first kappa shape index (κ1) is 20.2. The monoisotopic (exact) mass is 416 g/mol. The molecule has 9 nitrogen and oxygen atoms in total. The van der Waals surface area contributed by atoms with Gasteiger partial charge in [0.1, 0.15) is 6.54 Å². The van der Waals surface area contributed by atoms with Crippen LogP contribution in [-0.4, -0.2) is 48.0 Å². The molecular weight excluding hydrogens is 392 g/mol. The zero-order valence-electron chi connectivity index (χ0n) is 16.7. The summed E-state index contributed by atoms with van der Waals surface area (Å²) in [6.07, 6.45) is 2.14. The Balaban J connectivity index is 1.26. The lowest BCUT2D eigenvalue weighted by molar-refractivity contribution is -0.159. The van der Waals surface area contributed by atoms with Crippen LogP contribution in [0.1, 0.15) is 38.2 Å². The summed E-state index contributed by atoms with van der Waals surface area (Å²) >= 11 is 0. The number of ether oxygens (including phenoxy) is 3. The highest BCUT2D eigenvalue weighted by atomic mass is 16.7. The van der Waals surface area contributed by atoms with E-state index in [0.29, 0.717) is 24.3 Å². The zero-order chi connectivity index (χ0) is 21.3. The fourth-order valence-corrected chi connectivity index (χ4v) is 4.19. The minimum atomic E-state index is -1.05. The van der Waals surface area contributed by atoms with Gasteiger partial charge in [0.2, 0.25) is 18.6 Å². The average molecular weight is 416 g/mol. The topological polar surface area (TPSA) is 111 Å². The van der Waals surface area contributed by atoms with Gasteiger partial charge in [0.15, 0.2) is 17.6 Å². The van der Waals surface area contributed by atoms with Crippen LogP contribution < -0.4 is 14.8 Å². The van der Waals surface area contributed by atoms with Crippen LogP contribution in [0.5, 0.6) is 11.5 Å². The number of benzene rings is 1. The standard InChI is InChI=1S/C21H24N2O7/c1-12(19(25)22-9-13-6-7-16-17(8-13)29-11-28-16)30-18(24)10-23-20(26)14-4-2-3-5-15(14)21(23)27/h6-8,12,14-15H,2-5,9-11H2,1H3,(H,22,25)/t12-,14+,15+/m1/s1. The van der Waals surface area contributed by atoms with E-state index in [0.717, 1.165) is 23.3 Å². The van der Waals surface area contributed by atoms with Crippen molar-refractivity contribution >= 4 is 23.7 Å². The minimum absolute atomic E-state index is 0.168. The molecule has 0 radical (unpaired) electrons. The smallest absolute Gasteiger partial charge is 0.326 e. The first-order chi connectivity index (χ1) is 14.4. The van der Waals surface area contributed by atoms with E-state index in [1.165, 1.54) is 6.92 Å². The number of fused-ring (bicyclic) bond motifs is 2. The third kappa shape index (κ3) is 3.96. The van der Waals surface area contributed by atoms with E-state index >= 15 is 0 Å². The summed E-state index contributed by atoms with van der Waals surface area (Å²) in [7, 11) is 0. The summed E-state index contributed by atoms with van der Waals surface area (Å²) in [5.41, 5.74) is 0.807. The maximum Gasteiger partial charge on any atom is 0.326 e. The number of carbonyl (C=O) groups excluding carboxylic acids is 4. The Hall–Kier alpha value is -3.10. The molecule has 160 valence electrons. The molecule has 1 aromatic carbocycles. The second kappa shape index (κ2) is 8.33. The van der Waals surface area contributed by atoms with Crippen LogP contribution in [0.25, 0.3) is 0 Å². The Bertz CT molecular complexity index is 860. The number of hydrogen-bond donors (Lipinski definition) is 1. The van der Waals surface area contributed by atoms with Crippen molar-refractivity contribution in [1.82, 2.24) is 10.2 Å². The molecule has 1 aromatic rings. The number of carbonyl (C=O) groups is 4. The second-order valence-electron chi connectivity index (χ2n) is 7.80. The van der Waals surface area contributed by atoms with E-state index in [1.807, 2.05) is 0 Å². The summed E-state index contributed by atoms with van der Waals surface area (Å²) in [5.74, 6) is -1.24. The van der Waals surface area contributed by atoms with E-state index in [9.17, 15) is 19.2 Å². The number of amides is 3. The van der Waals surface area contributed by atoms with Crippen LogP contribution in [0.2, 0.25) is 0 Å². The second-order valence-corrected chi connectivity index (χ2v) is 7.80. The molecule has 2 heterocycles. The quantitative estimate of drug-likeness (QED) is 0.547. The molecular formula is C21H24N2O7. The van der Waals surface area contributed by atoms with E-state index in [4.69, 9.17) is 14.2 Å². The largest absolute Gasteiger partial charge is 0.454 e. The van der Waals surface area contributed by atoms with Crippen molar-refractivity contribution in [3.05, 3.63) is 23.8 Å². The van der Waals surface area contributed by atoms with Crippen molar-refractivity contribution in [1.29, 1.82) is 0 Å². The van der Waals surface area contributed by atoms with Crippen LogP contribution >= 0.6 is 0 Å². The highest BCUT2D eigenvalue weighted by molar-refractivity contribution is 6.07. The number of esters is 1. The van der Waals surface area contributed by atoms with Crippen LogP contribution in [0.15, 0.2) is 18.2 Å². The highest BCUT2D eigenvalue weighted by Gasteiger charge is 2.48. The highest BCUT2D eigenvalue weighted by Crippen LogP contribution is 2.38. The van der Waals surface area contributed by atoms with Crippen molar-refractivity contribution in [2.45, 2.75) is 45.3 Å². The number of imide groups is 1. The normalized spacial score (nSPS) is 23.2. The van der Waals surface area contributed by atoms with E-state index in [2.05, 4.69) is 5.32 Å². The van der Waals surface area contributed by atoms with E-state index < -0.39 is 24.5 Å². The van der Waals surface area contributed by atoms with Gasteiger partial charge in [0.05, 0.1) is 11.8 Å². The van der Waals surface area contributed by atoms with Crippen molar-refractivity contribution < 1.29 is 33.4 Å². The summed E-state index contributed by atoms with van der Waals surface area (Å²) in [5, 5.41) is 2.69. The Labute approximate surface area is 173 Å². The molecule has 1 aliphatic carbocycles. The summed E-state index contributed by atoms with van der Waals surface area (Å²) in [6, 6.07) is 5.33. The molecule has 9 heteroatoms. The van der Waals surface area contributed by atoms with Crippen LogP contribution in [0, 0.1) is 11.8 Å². The molecule has 3 aliphatic rings. The predicted molar refractivity (Wildman–Crippen MR) is 102 cm³/mol. The molecule has 30 heavy (non-hydrogen) atoms. The number of rotatable bonds is 6. The van der Waals surface area contributed by atoms with Crippen molar-refractivity contribution in [2.24, 2.45) is 11.8 Å². The van der Waals surface area contributed by atoms with Crippen molar-refractivity contribution in [3.63, 3.8) is 0 Å². The molecule has 0 aromatic heterocycles. The van der Waals surface area contributed by atoms with Gasteiger partial charge in [-0.15, -0.1) is 0 Å². The van der Waals surface area contributed by atoms with Crippen molar-refractivity contribution in [2.75, 3.05) is 13.3 Å². The van der Waals surface area contributed by atoms with Gasteiger partial charge in [-0.25, -0.2) is 0 Å². The molecule has 0 spiro atoms. The maximum absolute atomic E-state index is 12.4. The van der Waals surface area contributed by atoms with Gasteiger partial charge in [-0.2, -0.15) is 0 Å². The van der Waals surface area contributed by atoms with E-state index in [1.54, 1.807) is 18.2 Å². The van der Waals surface area contributed by atoms with Gasteiger partial charge in [0, 0.05) is 6.54 Å². The Morgan fingerprint density at radius 2 is 1.80 bits per heavy atom. The summed E-state index contributed by atoms with van der Waals surface area (Å²) < 4.78 is 15.7. The third-order valence-electron chi connectivity index (χ3n) is 5.80. The fourth-order valence-electron chi connectivity index (χ4n) is 4.19. The number of nitrogens with zero attached hydrogens (tertiary/aromatic N) is 1. The van der Waals surface area contributed by atoms with Crippen molar-refractivity contribution in [3.8, 4) is 11.5 Å². The Morgan fingerprint density at radius 3 is 2.50 bits per heavy atom. The van der Waals surface area contributed by atoms with Crippen LogP contribution in [0.4, 0.5) is 0 Å². The zero-order valence-corrected chi connectivity index (χ0v) is 16.7. The van der Waals surface area contributed by atoms with Gasteiger partial charge in [-0.05, 0) is 37.5 Å². The SMILES string of the molecule is C[C@@H](OC(=O)CN1C(=O)[C@H]2CCCC[C@@H]2C1=O)C(=O)NCc1ccc2c(c1)OCO2. The van der Waals surface area contributed by atoms with Gasteiger partial charge in [-0.3, -0.25) is 24.1 Å². The fraction of sp³-hybridized carbons (Fsp3) is 0.524. The lowest BCUT2D eigenvalue weighted by Crippen LogP contribution is -2.40. The van der Waals surface area contributed by atoms with Gasteiger partial charge >= 0.3 is 5.97 Å². The summed E-state index contributed by atoms with van der Waals surface area (Å²) in [4.78, 5) is 50.4. The number of nitrogens with one attached hydrogen (secondary N) is 1. The molecule has 2 aliphatic heterocycles. The van der Waals surface area contributed by atoms with Crippen LogP contribution in [-0.2, 0) is 30.5 Å². The molecule has 3 amide bonds. The minimum Gasteiger partial charge on any atom is -0.454 e. The van der Waals surface area contributed by atoms with Gasteiger partial charge < -0.3 is 19.5 Å². The first-order valence-corrected chi connectivity index (χ1v) is 10.1. The Morgan fingerprint density at radius 1 is 1.13 bits per heavy atom.